The number of aromatic nitrogens is 2. The molecule has 2 fully saturated rings. The van der Waals surface area contributed by atoms with Gasteiger partial charge >= 0.3 is 6.03 Å². The van der Waals surface area contributed by atoms with Crippen molar-refractivity contribution in [2.75, 3.05) is 65.7 Å². The van der Waals surface area contributed by atoms with E-state index in [-0.39, 0.29) is 18.1 Å². The summed E-state index contributed by atoms with van der Waals surface area (Å²) in [7, 11) is 0. The molecule has 4 heterocycles. The highest BCUT2D eigenvalue weighted by Gasteiger charge is 2.25. The van der Waals surface area contributed by atoms with Crippen LogP contribution in [-0.2, 0) is 9.47 Å². The molecular weight excluding hydrogens is 408 g/mol. The Morgan fingerprint density at radius 2 is 1.25 bits per heavy atom. The maximum absolute atomic E-state index is 12.7. The molecule has 2 N–H and O–H groups in total. The van der Waals surface area contributed by atoms with E-state index < -0.39 is 0 Å². The minimum absolute atomic E-state index is 0.0618. The number of carbonyl (C=O) groups excluding carboxylic acids is 1. The quantitative estimate of drug-likeness (QED) is 0.638. The minimum atomic E-state index is -0.172. The highest BCUT2D eigenvalue weighted by Crippen LogP contribution is 2.21. The van der Waals surface area contributed by atoms with Crippen LogP contribution >= 0.6 is 0 Å². The summed E-state index contributed by atoms with van der Waals surface area (Å²) in [6, 6.07) is 7.94. The van der Waals surface area contributed by atoms with E-state index in [1.807, 2.05) is 24.5 Å². The van der Waals surface area contributed by atoms with E-state index in [1.54, 1.807) is 12.4 Å². The molecule has 0 aromatic carbocycles. The number of pyridine rings is 2. The minimum Gasteiger partial charge on any atom is -0.379 e. The van der Waals surface area contributed by atoms with E-state index in [0.717, 1.165) is 37.3 Å². The maximum Gasteiger partial charge on any atom is 0.314 e. The molecule has 2 saturated heterocycles. The van der Waals surface area contributed by atoms with Gasteiger partial charge in [-0.3, -0.25) is 19.8 Å². The lowest BCUT2D eigenvalue weighted by molar-refractivity contribution is 0.0157. The normalized spacial score (nSPS) is 19.8. The third kappa shape index (κ3) is 6.23. The third-order valence-electron chi connectivity index (χ3n) is 6.02. The lowest BCUT2D eigenvalue weighted by Crippen LogP contribution is -2.48. The Balaban J connectivity index is 1.35. The Labute approximate surface area is 189 Å². The van der Waals surface area contributed by atoms with Crippen LogP contribution in [0.25, 0.3) is 0 Å². The Hall–Kier alpha value is -2.59. The van der Waals surface area contributed by atoms with Crippen LogP contribution in [0.3, 0.4) is 0 Å². The molecule has 2 aromatic rings. The van der Waals surface area contributed by atoms with Gasteiger partial charge in [-0.25, -0.2) is 4.79 Å². The molecule has 2 unspecified atom stereocenters. The van der Waals surface area contributed by atoms with Crippen LogP contribution in [0.15, 0.2) is 49.1 Å². The fourth-order valence-electron chi connectivity index (χ4n) is 4.28. The Morgan fingerprint density at radius 1 is 0.812 bits per heavy atom. The fraction of sp³-hybridized carbons (Fsp3) is 0.522. The van der Waals surface area contributed by atoms with Gasteiger partial charge in [0.2, 0.25) is 0 Å². The first-order chi connectivity index (χ1) is 15.8. The number of urea groups is 1. The summed E-state index contributed by atoms with van der Waals surface area (Å²) in [5.74, 6) is 0. The van der Waals surface area contributed by atoms with E-state index in [9.17, 15) is 4.79 Å². The van der Waals surface area contributed by atoms with Crippen molar-refractivity contribution in [3.63, 3.8) is 0 Å². The van der Waals surface area contributed by atoms with Gasteiger partial charge in [-0.05, 0) is 23.3 Å². The number of morpholine rings is 2. The molecule has 2 amide bonds. The summed E-state index contributed by atoms with van der Waals surface area (Å²) in [5, 5.41) is 6.14. The number of nitrogens with one attached hydrogen (secondary N) is 2. The molecule has 32 heavy (non-hydrogen) atoms. The van der Waals surface area contributed by atoms with Crippen LogP contribution in [0, 0.1) is 0 Å². The number of ether oxygens (including phenoxy) is 2. The van der Waals surface area contributed by atoms with E-state index in [2.05, 4.69) is 42.5 Å². The van der Waals surface area contributed by atoms with Crippen molar-refractivity contribution < 1.29 is 14.3 Å². The van der Waals surface area contributed by atoms with Crippen molar-refractivity contribution in [2.24, 2.45) is 0 Å². The van der Waals surface area contributed by atoms with Crippen molar-refractivity contribution in [2.45, 2.75) is 12.1 Å². The molecular formula is C23H32N6O3. The van der Waals surface area contributed by atoms with Crippen molar-refractivity contribution in [3.05, 3.63) is 60.2 Å². The predicted molar refractivity (Wildman–Crippen MR) is 120 cm³/mol. The highest BCUT2D eigenvalue weighted by atomic mass is 16.5. The zero-order valence-corrected chi connectivity index (χ0v) is 18.4. The smallest absolute Gasteiger partial charge is 0.314 e. The molecule has 0 radical (unpaired) electrons. The van der Waals surface area contributed by atoms with Gasteiger partial charge in [-0.15, -0.1) is 0 Å². The second-order valence-electron chi connectivity index (χ2n) is 7.99. The van der Waals surface area contributed by atoms with Crippen molar-refractivity contribution in [3.8, 4) is 0 Å². The number of amides is 2. The number of hydrogen-bond donors (Lipinski definition) is 2. The van der Waals surface area contributed by atoms with Gasteiger partial charge in [0.05, 0.1) is 38.5 Å². The summed E-state index contributed by atoms with van der Waals surface area (Å²) in [5.41, 5.74) is 2.19. The lowest BCUT2D eigenvalue weighted by Gasteiger charge is -2.35. The standard InChI is InChI=1S/C23H32N6O3/c30-23(26-17-21(19-3-1-5-24-15-19)28-7-11-31-12-8-28)27-18-22(20-4-2-6-25-16-20)29-9-13-32-14-10-29/h1-6,15-16,21-22H,7-14,17-18H2,(H2,26,27,30). The van der Waals surface area contributed by atoms with Crippen LogP contribution in [0.5, 0.6) is 0 Å². The molecule has 0 spiro atoms. The zero-order valence-electron chi connectivity index (χ0n) is 18.4. The van der Waals surface area contributed by atoms with Crippen LogP contribution in [0.1, 0.15) is 23.2 Å². The monoisotopic (exact) mass is 440 g/mol. The average Bonchev–Trinajstić information content (AvgIpc) is 2.87. The van der Waals surface area contributed by atoms with Gasteiger partial charge < -0.3 is 20.1 Å². The summed E-state index contributed by atoms with van der Waals surface area (Å²) in [4.78, 5) is 25.9. The second kappa shape index (κ2) is 11.9. The van der Waals surface area contributed by atoms with Gasteiger partial charge in [0, 0.05) is 64.1 Å². The molecule has 4 rings (SSSR count). The molecule has 2 aliphatic heterocycles. The second-order valence-corrected chi connectivity index (χ2v) is 7.99. The summed E-state index contributed by atoms with van der Waals surface area (Å²) in [6.07, 6.45) is 7.28. The maximum atomic E-state index is 12.7. The van der Waals surface area contributed by atoms with Gasteiger partial charge in [-0.2, -0.15) is 0 Å². The lowest BCUT2D eigenvalue weighted by atomic mass is 10.1. The fourth-order valence-corrected chi connectivity index (χ4v) is 4.28. The van der Waals surface area contributed by atoms with Crippen LogP contribution in [0.4, 0.5) is 4.79 Å². The van der Waals surface area contributed by atoms with Gasteiger partial charge in [0.15, 0.2) is 0 Å². The highest BCUT2D eigenvalue weighted by molar-refractivity contribution is 5.73. The first-order valence-corrected chi connectivity index (χ1v) is 11.3. The van der Waals surface area contributed by atoms with Crippen molar-refractivity contribution >= 4 is 6.03 Å². The number of hydrogen-bond acceptors (Lipinski definition) is 7. The SMILES string of the molecule is O=C(NCC(c1cccnc1)N1CCOCC1)NCC(c1cccnc1)N1CCOCC1. The topological polar surface area (TPSA) is 91.9 Å². The van der Waals surface area contributed by atoms with E-state index in [0.29, 0.717) is 39.5 Å². The van der Waals surface area contributed by atoms with Crippen molar-refractivity contribution in [1.82, 2.24) is 30.4 Å². The number of rotatable bonds is 8. The van der Waals surface area contributed by atoms with E-state index in [4.69, 9.17) is 9.47 Å². The first kappa shape index (κ1) is 22.6. The Morgan fingerprint density at radius 3 is 1.62 bits per heavy atom. The van der Waals surface area contributed by atoms with Crippen molar-refractivity contribution in [1.29, 1.82) is 0 Å². The average molecular weight is 441 g/mol. The molecule has 0 aliphatic carbocycles. The largest absolute Gasteiger partial charge is 0.379 e. The number of carbonyl (C=O) groups is 1. The summed E-state index contributed by atoms with van der Waals surface area (Å²) >= 11 is 0. The van der Waals surface area contributed by atoms with E-state index in [1.165, 1.54) is 0 Å². The molecule has 2 aliphatic rings. The van der Waals surface area contributed by atoms with Crippen LogP contribution in [0.2, 0.25) is 0 Å². The number of nitrogens with zero attached hydrogens (tertiary/aromatic N) is 4. The molecule has 9 nitrogen and oxygen atoms in total. The van der Waals surface area contributed by atoms with Crippen LogP contribution in [-0.4, -0.2) is 91.5 Å². The Bertz CT molecular complexity index is 745. The molecule has 2 aromatic heterocycles. The molecule has 2 atom stereocenters. The zero-order chi connectivity index (χ0) is 22.0. The third-order valence-corrected chi connectivity index (χ3v) is 6.02. The molecule has 9 heteroatoms. The predicted octanol–water partition coefficient (Wildman–Crippen LogP) is 1.22. The van der Waals surface area contributed by atoms with Gasteiger partial charge in [-0.1, -0.05) is 12.1 Å². The van der Waals surface area contributed by atoms with Gasteiger partial charge in [0.25, 0.3) is 0 Å². The first-order valence-electron chi connectivity index (χ1n) is 11.3. The molecule has 0 bridgehead atoms. The van der Waals surface area contributed by atoms with Gasteiger partial charge in [0.1, 0.15) is 0 Å². The van der Waals surface area contributed by atoms with E-state index >= 15 is 0 Å². The summed E-state index contributed by atoms with van der Waals surface area (Å²) in [6.45, 7) is 7.17. The molecule has 0 saturated carbocycles. The Kier molecular flexibility index (Phi) is 8.38. The summed E-state index contributed by atoms with van der Waals surface area (Å²) < 4.78 is 11.0. The molecule has 172 valence electrons. The van der Waals surface area contributed by atoms with Crippen LogP contribution < -0.4 is 10.6 Å².